The van der Waals surface area contributed by atoms with Gasteiger partial charge in [0.05, 0.1) is 6.10 Å². The average Bonchev–Trinajstić information content (AvgIpc) is 2.80. The van der Waals surface area contributed by atoms with Gasteiger partial charge in [0.1, 0.15) is 0 Å². The molecule has 0 aliphatic rings. The third-order valence-corrected chi connectivity index (χ3v) is 2.92. The van der Waals surface area contributed by atoms with E-state index in [1.54, 1.807) is 14.2 Å². The molecule has 0 unspecified atom stereocenters. The van der Waals surface area contributed by atoms with Crippen LogP contribution in [-0.4, -0.2) is 33.0 Å². The molecule has 0 bridgehead atoms. The van der Waals surface area contributed by atoms with Gasteiger partial charge in [0, 0.05) is 19.7 Å². The molecule has 1 heterocycles. The summed E-state index contributed by atoms with van der Waals surface area (Å²) in [6.07, 6.45) is -0.0351. The molecule has 0 saturated carbocycles. The average molecular weight is 261 g/mol. The fourth-order valence-electron chi connectivity index (χ4n) is 1.79. The molecule has 100 valence electrons. The number of benzene rings is 1. The van der Waals surface area contributed by atoms with E-state index >= 15 is 0 Å². The van der Waals surface area contributed by atoms with Crippen molar-refractivity contribution in [2.45, 2.75) is 13.0 Å². The number of hydrogen-bond acceptors (Lipinski definition) is 4. The minimum atomic E-state index is -1.14. The first kappa shape index (κ1) is 13.2. The number of carbonyl (C=O) groups is 1. The molecule has 2 rings (SSSR count). The van der Waals surface area contributed by atoms with Crippen LogP contribution in [-0.2, 0) is 11.8 Å². The minimum absolute atomic E-state index is 0.0351. The Hall–Kier alpha value is -2.21. The van der Waals surface area contributed by atoms with Gasteiger partial charge in [-0.2, -0.15) is 0 Å². The first-order chi connectivity index (χ1) is 9.02. The maximum absolute atomic E-state index is 10.9. The molecule has 1 aromatic heterocycles. The lowest BCUT2D eigenvalue weighted by Crippen LogP contribution is -2.00. The van der Waals surface area contributed by atoms with Crippen molar-refractivity contribution in [2.24, 2.45) is 7.05 Å². The maximum atomic E-state index is 10.9. The van der Waals surface area contributed by atoms with E-state index in [2.05, 4.69) is 10.1 Å². The maximum Gasteiger partial charge on any atom is 0.375 e. The third kappa shape index (κ3) is 2.63. The van der Waals surface area contributed by atoms with E-state index in [1.165, 1.54) is 4.68 Å². The molecule has 19 heavy (non-hydrogen) atoms. The molecule has 0 radical (unpaired) electrons. The second-order valence-electron chi connectivity index (χ2n) is 4.19. The fraction of sp³-hybridized carbons (Fsp3) is 0.308. The predicted molar refractivity (Wildman–Crippen MR) is 68.8 cm³/mol. The summed E-state index contributed by atoms with van der Waals surface area (Å²) in [5.41, 5.74) is 1.81. The van der Waals surface area contributed by atoms with E-state index in [-0.39, 0.29) is 11.9 Å². The Morgan fingerprint density at radius 1 is 1.47 bits per heavy atom. The lowest BCUT2D eigenvalue weighted by atomic mass is 10.1. The highest BCUT2D eigenvalue weighted by Crippen LogP contribution is 2.23. The van der Waals surface area contributed by atoms with Crippen molar-refractivity contribution in [3.63, 3.8) is 0 Å². The van der Waals surface area contributed by atoms with Crippen LogP contribution in [0.5, 0.6) is 0 Å². The van der Waals surface area contributed by atoms with Gasteiger partial charge < -0.3 is 9.84 Å². The second-order valence-corrected chi connectivity index (χ2v) is 4.19. The quantitative estimate of drug-likeness (QED) is 0.909. The third-order valence-electron chi connectivity index (χ3n) is 2.92. The first-order valence-corrected chi connectivity index (χ1v) is 5.80. The van der Waals surface area contributed by atoms with E-state index in [0.29, 0.717) is 5.82 Å². The number of aromatic carboxylic acids is 1. The summed E-state index contributed by atoms with van der Waals surface area (Å²) in [5, 5.41) is 12.7. The van der Waals surface area contributed by atoms with Gasteiger partial charge in [-0.1, -0.05) is 18.2 Å². The van der Waals surface area contributed by atoms with Gasteiger partial charge in [-0.3, -0.25) is 0 Å². The molecule has 0 aliphatic carbocycles. The van der Waals surface area contributed by atoms with E-state index in [9.17, 15) is 4.79 Å². The van der Waals surface area contributed by atoms with Crippen LogP contribution in [0.2, 0.25) is 0 Å². The number of ether oxygens (including phenoxy) is 1. The highest BCUT2D eigenvalue weighted by molar-refractivity contribution is 5.83. The zero-order chi connectivity index (χ0) is 14.0. The van der Waals surface area contributed by atoms with Gasteiger partial charge >= 0.3 is 5.97 Å². The normalized spacial score (nSPS) is 12.4. The number of aryl methyl sites for hydroxylation is 1. The van der Waals surface area contributed by atoms with Crippen molar-refractivity contribution in [1.82, 2.24) is 14.8 Å². The van der Waals surface area contributed by atoms with Crippen LogP contribution < -0.4 is 0 Å². The Labute approximate surface area is 110 Å². The standard InChI is InChI=1S/C13H15N3O3/c1-8(19-3)9-5-4-6-10(7-9)12-14-11(13(17)18)15-16(12)2/h4-8H,1-3H3,(H,17,18)/t8-/m0/s1. The topological polar surface area (TPSA) is 77.2 Å². The molecule has 0 fully saturated rings. The molecule has 6 heteroatoms. The fourth-order valence-corrected chi connectivity index (χ4v) is 1.79. The summed E-state index contributed by atoms with van der Waals surface area (Å²) in [4.78, 5) is 14.9. The highest BCUT2D eigenvalue weighted by atomic mass is 16.5. The number of rotatable bonds is 4. The zero-order valence-corrected chi connectivity index (χ0v) is 11.0. The Morgan fingerprint density at radius 3 is 2.79 bits per heavy atom. The zero-order valence-electron chi connectivity index (χ0n) is 11.0. The van der Waals surface area contributed by atoms with E-state index in [0.717, 1.165) is 11.1 Å². The minimum Gasteiger partial charge on any atom is -0.475 e. The Morgan fingerprint density at radius 2 is 2.21 bits per heavy atom. The SMILES string of the molecule is CO[C@@H](C)c1cccc(-c2nc(C(=O)O)nn2C)c1. The smallest absolute Gasteiger partial charge is 0.375 e. The molecule has 0 saturated heterocycles. The summed E-state index contributed by atoms with van der Waals surface area (Å²) in [5.74, 6) is -0.825. The van der Waals surface area contributed by atoms with Gasteiger partial charge in [0.2, 0.25) is 0 Å². The molecular formula is C13H15N3O3. The molecule has 2 aromatic rings. The van der Waals surface area contributed by atoms with Crippen LogP contribution in [0.25, 0.3) is 11.4 Å². The largest absolute Gasteiger partial charge is 0.475 e. The van der Waals surface area contributed by atoms with Crippen molar-refractivity contribution in [1.29, 1.82) is 0 Å². The molecule has 1 atom stereocenters. The summed E-state index contributed by atoms with van der Waals surface area (Å²) in [6, 6.07) is 7.62. The molecule has 0 spiro atoms. The predicted octanol–water partition coefficient (Wildman–Crippen LogP) is 1.89. The number of hydrogen-bond donors (Lipinski definition) is 1. The summed E-state index contributed by atoms with van der Waals surface area (Å²) in [6.45, 7) is 1.94. The Kier molecular flexibility index (Phi) is 3.62. The van der Waals surface area contributed by atoms with Crippen molar-refractivity contribution in [2.75, 3.05) is 7.11 Å². The lowest BCUT2D eigenvalue weighted by Gasteiger charge is -2.10. The van der Waals surface area contributed by atoms with Crippen molar-refractivity contribution in [3.8, 4) is 11.4 Å². The van der Waals surface area contributed by atoms with E-state index < -0.39 is 5.97 Å². The molecule has 6 nitrogen and oxygen atoms in total. The van der Waals surface area contributed by atoms with Crippen LogP contribution in [0.1, 0.15) is 29.2 Å². The summed E-state index contributed by atoms with van der Waals surface area (Å²) >= 11 is 0. The van der Waals surface area contributed by atoms with Gasteiger partial charge in [-0.05, 0) is 18.6 Å². The van der Waals surface area contributed by atoms with Crippen LogP contribution >= 0.6 is 0 Å². The molecular weight excluding hydrogens is 246 g/mol. The molecule has 1 N–H and O–H groups in total. The van der Waals surface area contributed by atoms with Crippen molar-refractivity contribution >= 4 is 5.97 Å². The first-order valence-electron chi connectivity index (χ1n) is 5.80. The van der Waals surface area contributed by atoms with Crippen LogP contribution in [0.15, 0.2) is 24.3 Å². The number of aromatic nitrogens is 3. The second kappa shape index (κ2) is 5.19. The molecule has 0 amide bonds. The monoisotopic (exact) mass is 261 g/mol. The van der Waals surface area contributed by atoms with Crippen LogP contribution in [0.4, 0.5) is 0 Å². The van der Waals surface area contributed by atoms with E-state index in [4.69, 9.17) is 9.84 Å². The van der Waals surface area contributed by atoms with Gasteiger partial charge in [0.15, 0.2) is 5.82 Å². The van der Waals surface area contributed by atoms with Gasteiger partial charge in [-0.25, -0.2) is 14.5 Å². The number of carboxylic acids is 1. The number of carboxylic acid groups (broad SMARTS) is 1. The highest BCUT2D eigenvalue weighted by Gasteiger charge is 2.15. The van der Waals surface area contributed by atoms with E-state index in [1.807, 2.05) is 31.2 Å². The van der Waals surface area contributed by atoms with Crippen LogP contribution in [0.3, 0.4) is 0 Å². The lowest BCUT2D eigenvalue weighted by molar-refractivity contribution is 0.0683. The molecule has 0 aliphatic heterocycles. The van der Waals surface area contributed by atoms with Crippen molar-refractivity contribution < 1.29 is 14.6 Å². The van der Waals surface area contributed by atoms with Gasteiger partial charge in [-0.15, -0.1) is 5.10 Å². The number of nitrogens with zero attached hydrogens (tertiary/aromatic N) is 3. The Balaban J connectivity index is 2.44. The molecule has 1 aromatic carbocycles. The Bertz CT molecular complexity index is 607. The van der Waals surface area contributed by atoms with Crippen LogP contribution in [0, 0.1) is 0 Å². The summed E-state index contributed by atoms with van der Waals surface area (Å²) < 4.78 is 6.72. The van der Waals surface area contributed by atoms with Crippen molar-refractivity contribution in [3.05, 3.63) is 35.7 Å². The van der Waals surface area contributed by atoms with Gasteiger partial charge in [0.25, 0.3) is 5.82 Å². The number of methoxy groups -OCH3 is 1. The summed E-state index contributed by atoms with van der Waals surface area (Å²) in [7, 11) is 3.31.